The van der Waals surface area contributed by atoms with E-state index < -0.39 is 11.4 Å². The zero-order valence-corrected chi connectivity index (χ0v) is 18.6. The number of ether oxygens (including phenoxy) is 1. The van der Waals surface area contributed by atoms with Crippen LogP contribution in [0, 0.1) is 23.2 Å². The Morgan fingerprint density at radius 3 is 2.57 bits per heavy atom. The first-order valence-electron chi connectivity index (χ1n) is 11.2. The van der Waals surface area contributed by atoms with E-state index in [4.69, 9.17) is 9.84 Å². The van der Waals surface area contributed by atoms with Crippen LogP contribution in [-0.2, 0) is 19.1 Å². The lowest BCUT2D eigenvalue weighted by Crippen LogP contribution is -2.44. The molecule has 3 rings (SSSR count). The average molecular weight is 424 g/mol. The standard InChI is InChI=1S/C22H37N3O5/c1-15-10-18-16(11-20(27)25(18)5-4-24-6-8-30-9-7-24)17(15)14-23-19(26)12-22(2,3)13-21(28)29/h15-18H,4-14H2,1-3H3,(H,23,26)(H,28,29)/t15-,16-,17+,18+/m0/s1. The van der Waals surface area contributed by atoms with E-state index in [0.717, 1.165) is 45.8 Å². The highest BCUT2D eigenvalue weighted by Gasteiger charge is 2.50. The number of carbonyl (C=O) groups excluding carboxylic acids is 2. The molecule has 1 saturated carbocycles. The number of fused-ring (bicyclic) bond motifs is 1. The molecule has 2 amide bonds. The minimum absolute atomic E-state index is 0.0302. The molecule has 0 spiro atoms. The van der Waals surface area contributed by atoms with Crippen molar-refractivity contribution in [1.82, 2.24) is 15.1 Å². The fraction of sp³-hybridized carbons (Fsp3) is 0.864. The van der Waals surface area contributed by atoms with Crippen LogP contribution in [0.4, 0.5) is 0 Å². The molecule has 170 valence electrons. The lowest BCUT2D eigenvalue weighted by molar-refractivity contribution is -0.139. The molecule has 8 nitrogen and oxygen atoms in total. The van der Waals surface area contributed by atoms with Crippen LogP contribution < -0.4 is 5.32 Å². The van der Waals surface area contributed by atoms with Crippen LogP contribution in [-0.4, -0.2) is 84.7 Å². The Morgan fingerprint density at radius 2 is 1.90 bits per heavy atom. The van der Waals surface area contributed by atoms with Crippen molar-refractivity contribution in [3.63, 3.8) is 0 Å². The number of carboxylic acid groups (broad SMARTS) is 1. The fourth-order valence-electron chi connectivity index (χ4n) is 5.51. The van der Waals surface area contributed by atoms with Crippen molar-refractivity contribution in [3.8, 4) is 0 Å². The second kappa shape index (κ2) is 9.64. The van der Waals surface area contributed by atoms with Gasteiger partial charge in [0, 0.05) is 51.6 Å². The zero-order valence-electron chi connectivity index (χ0n) is 18.6. The summed E-state index contributed by atoms with van der Waals surface area (Å²) in [5.74, 6) is 0.283. The molecule has 4 atom stereocenters. The quantitative estimate of drug-likeness (QED) is 0.578. The summed E-state index contributed by atoms with van der Waals surface area (Å²) in [5, 5.41) is 12.0. The molecule has 2 N–H and O–H groups in total. The lowest BCUT2D eigenvalue weighted by Gasteiger charge is -2.31. The van der Waals surface area contributed by atoms with Gasteiger partial charge in [-0.3, -0.25) is 19.3 Å². The number of hydrogen-bond donors (Lipinski definition) is 2. The molecule has 0 unspecified atom stereocenters. The summed E-state index contributed by atoms with van der Waals surface area (Å²) in [5.41, 5.74) is -0.570. The Kier molecular flexibility index (Phi) is 7.39. The third-order valence-electron chi connectivity index (χ3n) is 7.08. The zero-order chi connectivity index (χ0) is 21.9. The monoisotopic (exact) mass is 423 g/mol. The molecule has 0 aromatic heterocycles. The van der Waals surface area contributed by atoms with Gasteiger partial charge in [-0.1, -0.05) is 20.8 Å². The van der Waals surface area contributed by atoms with Crippen molar-refractivity contribution in [3.05, 3.63) is 0 Å². The molecule has 3 aliphatic rings. The van der Waals surface area contributed by atoms with Gasteiger partial charge in [0.05, 0.1) is 19.6 Å². The second-order valence-electron chi connectivity index (χ2n) is 10.1. The SMILES string of the molecule is C[C@H]1C[C@@H]2[C@@H](CC(=O)N2CCN2CCOCC2)[C@@H]1CNC(=O)CC(C)(C)CC(=O)O. The number of morpholine rings is 1. The smallest absolute Gasteiger partial charge is 0.303 e. The third kappa shape index (κ3) is 5.72. The van der Waals surface area contributed by atoms with Crippen molar-refractivity contribution < 1.29 is 24.2 Å². The number of aliphatic carboxylic acids is 1. The molecule has 0 aromatic carbocycles. The number of carboxylic acids is 1. The van der Waals surface area contributed by atoms with Gasteiger partial charge in [-0.25, -0.2) is 0 Å². The number of nitrogens with one attached hydrogen (secondary N) is 1. The van der Waals surface area contributed by atoms with Gasteiger partial charge in [0.1, 0.15) is 0 Å². The molecule has 0 bridgehead atoms. The van der Waals surface area contributed by atoms with Crippen molar-refractivity contribution >= 4 is 17.8 Å². The van der Waals surface area contributed by atoms with Gasteiger partial charge in [0.15, 0.2) is 0 Å². The Hall–Kier alpha value is -1.67. The Morgan fingerprint density at radius 1 is 1.20 bits per heavy atom. The highest BCUT2D eigenvalue weighted by atomic mass is 16.5. The first-order valence-corrected chi connectivity index (χ1v) is 11.2. The van der Waals surface area contributed by atoms with E-state index in [2.05, 4.69) is 22.0 Å². The summed E-state index contributed by atoms with van der Waals surface area (Å²) in [6.45, 7) is 11.4. The van der Waals surface area contributed by atoms with Gasteiger partial charge in [-0.15, -0.1) is 0 Å². The third-order valence-corrected chi connectivity index (χ3v) is 7.08. The van der Waals surface area contributed by atoms with Crippen LogP contribution in [0.1, 0.15) is 46.5 Å². The van der Waals surface area contributed by atoms with E-state index in [0.29, 0.717) is 30.7 Å². The highest BCUT2D eigenvalue weighted by Crippen LogP contribution is 2.45. The minimum atomic E-state index is -0.887. The molecule has 30 heavy (non-hydrogen) atoms. The molecule has 0 aromatic rings. The Labute approximate surface area is 179 Å². The molecule has 8 heteroatoms. The molecule has 1 aliphatic carbocycles. The van der Waals surface area contributed by atoms with Crippen LogP contribution in [0.5, 0.6) is 0 Å². The summed E-state index contributed by atoms with van der Waals surface area (Å²) in [7, 11) is 0. The predicted octanol–water partition coefficient (Wildman–Crippen LogP) is 1.20. The Balaban J connectivity index is 1.50. The molecule has 2 aliphatic heterocycles. The number of hydrogen-bond acceptors (Lipinski definition) is 5. The summed E-state index contributed by atoms with van der Waals surface area (Å²) in [6, 6.07) is 0.277. The van der Waals surface area contributed by atoms with Crippen LogP contribution in [0.3, 0.4) is 0 Å². The van der Waals surface area contributed by atoms with Crippen LogP contribution in [0.2, 0.25) is 0 Å². The summed E-state index contributed by atoms with van der Waals surface area (Å²) in [6.07, 6.45) is 1.73. The fourth-order valence-corrected chi connectivity index (χ4v) is 5.51. The van der Waals surface area contributed by atoms with Gasteiger partial charge < -0.3 is 20.1 Å². The van der Waals surface area contributed by atoms with Crippen LogP contribution in [0.25, 0.3) is 0 Å². The van der Waals surface area contributed by atoms with Gasteiger partial charge in [0.2, 0.25) is 11.8 Å². The summed E-state index contributed by atoms with van der Waals surface area (Å²) in [4.78, 5) is 40.5. The first kappa shape index (κ1) is 23.0. The van der Waals surface area contributed by atoms with E-state index in [1.807, 2.05) is 0 Å². The van der Waals surface area contributed by atoms with Crippen molar-refractivity contribution in [2.45, 2.75) is 52.5 Å². The number of nitrogens with zero attached hydrogens (tertiary/aromatic N) is 2. The average Bonchev–Trinajstić information content (AvgIpc) is 3.10. The van der Waals surface area contributed by atoms with Crippen molar-refractivity contribution in [1.29, 1.82) is 0 Å². The number of amides is 2. The van der Waals surface area contributed by atoms with E-state index in [1.165, 1.54) is 0 Å². The van der Waals surface area contributed by atoms with Crippen LogP contribution >= 0.6 is 0 Å². The summed E-state index contributed by atoms with van der Waals surface area (Å²) < 4.78 is 5.40. The molecule has 2 heterocycles. The molecular formula is C22H37N3O5. The maximum Gasteiger partial charge on any atom is 0.303 e. The van der Waals surface area contributed by atoms with E-state index in [-0.39, 0.29) is 30.7 Å². The number of likely N-dealkylation sites (tertiary alicyclic amines) is 1. The maximum atomic E-state index is 12.7. The van der Waals surface area contributed by atoms with Gasteiger partial charge in [0.25, 0.3) is 0 Å². The summed E-state index contributed by atoms with van der Waals surface area (Å²) >= 11 is 0. The second-order valence-corrected chi connectivity index (χ2v) is 10.1. The van der Waals surface area contributed by atoms with Gasteiger partial charge in [-0.05, 0) is 29.6 Å². The van der Waals surface area contributed by atoms with Gasteiger partial charge >= 0.3 is 5.97 Å². The maximum absolute atomic E-state index is 12.7. The number of rotatable bonds is 9. The highest BCUT2D eigenvalue weighted by molar-refractivity contribution is 5.80. The normalized spacial score (nSPS) is 29.8. The van der Waals surface area contributed by atoms with E-state index in [1.54, 1.807) is 13.8 Å². The first-order chi connectivity index (χ1) is 14.2. The molecular weight excluding hydrogens is 386 g/mol. The topological polar surface area (TPSA) is 99.2 Å². The largest absolute Gasteiger partial charge is 0.481 e. The molecule has 0 radical (unpaired) electrons. The number of carbonyl (C=O) groups is 3. The molecule has 2 saturated heterocycles. The van der Waals surface area contributed by atoms with E-state index >= 15 is 0 Å². The van der Waals surface area contributed by atoms with Crippen LogP contribution in [0.15, 0.2) is 0 Å². The van der Waals surface area contributed by atoms with Crippen molar-refractivity contribution in [2.75, 3.05) is 45.9 Å². The minimum Gasteiger partial charge on any atom is -0.481 e. The molecule has 3 fully saturated rings. The van der Waals surface area contributed by atoms with E-state index in [9.17, 15) is 14.4 Å². The Bertz CT molecular complexity index is 647. The lowest BCUT2D eigenvalue weighted by atomic mass is 9.85. The van der Waals surface area contributed by atoms with Gasteiger partial charge in [-0.2, -0.15) is 0 Å². The van der Waals surface area contributed by atoms with Crippen molar-refractivity contribution in [2.24, 2.45) is 23.2 Å². The predicted molar refractivity (Wildman–Crippen MR) is 112 cm³/mol.